The van der Waals surface area contributed by atoms with Crippen LogP contribution in [0, 0.1) is 0 Å². The Kier molecular flexibility index (Phi) is 3.17. The van der Waals surface area contributed by atoms with Crippen molar-refractivity contribution in [3.63, 3.8) is 0 Å². The molecule has 1 aliphatic carbocycles. The largest absolute Gasteiger partial charge is 0.302 e. The Morgan fingerprint density at radius 3 is 2.86 bits per heavy atom. The second-order valence-electron chi connectivity index (χ2n) is 5.78. The van der Waals surface area contributed by atoms with Crippen LogP contribution in [0.15, 0.2) is 40.6 Å². The van der Waals surface area contributed by atoms with Gasteiger partial charge in [0.25, 0.3) is 0 Å². The minimum absolute atomic E-state index is 0.0814. The molecule has 3 nitrogen and oxygen atoms in total. The lowest BCUT2D eigenvalue weighted by Gasteiger charge is -2.27. The highest BCUT2D eigenvalue weighted by Gasteiger charge is 2.36. The lowest BCUT2D eigenvalue weighted by atomic mass is 9.93. The predicted molar refractivity (Wildman–Crippen MR) is 84.4 cm³/mol. The topological polar surface area (TPSA) is 46.2 Å². The van der Waals surface area contributed by atoms with Crippen molar-refractivity contribution in [1.82, 2.24) is 5.32 Å². The van der Waals surface area contributed by atoms with Gasteiger partial charge in [0.15, 0.2) is 9.84 Å². The van der Waals surface area contributed by atoms with E-state index < -0.39 is 9.84 Å². The monoisotopic (exact) mass is 319 g/mol. The van der Waals surface area contributed by atoms with Gasteiger partial charge in [-0.25, -0.2) is 8.42 Å². The molecule has 1 N–H and O–H groups in total. The molecular weight excluding hydrogens is 302 g/mol. The average molecular weight is 319 g/mol. The third kappa shape index (κ3) is 2.24. The van der Waals surface area contributed by atoms with Crippen LogP contribution >= 0.6 is 11.3 Å². The molecule has 0 amide bonds. The summed E-state index contributed by atoms with van der Waals surface area (Å²) in [5, 5.41) is 5.74. The van der Waals surface area contributed by atoms with E-state index in [4.69, 9.17) is 0 Å². The molecule has 21 heavy (non-hydrogen) atoms. The Morgan fingerprint density at radius 2 is 1.95 bits per heavy atom. The van der Waals surface area contributed by atoms with E-state index in [1.54, 1.807) is 12.1 Å². The Labute approximate surface area is 128 Å². The summed E-state index contributed by atoms with van der Waals surface area (Å²) in [5.41, 5.74) is 2.30. The average Bonchev–Trinajstić information content (AvgIpc) is 3.04. The Balaban J connectivity index is 1.66. The number of rotatable bonds is 2. The minimum atomic E-state index is -3.13. The van der Waals surface area contributed by atoms with Gasteiger partial charge < -0.3 is 5.32 Å². The first kappa shape index (κ1) is 13.5. The predicted octanol–water partition coefficient (Wildman–Crippen LogP) is 3.24. The van der Waals surface area contributed by atoms with Crippen molar-refractivity contribution < 1.29 is 8.42 Å². The maximum atomic E-state index is 12.3. The summed E-state index contributed by atoms with van der Waals surface area (Å²) in [5.74, 6) is 0.183. The van der Waals surface area contributed by atoms with Crippen molar-refractivity contribution in [1.29, 1.82) is 0 Å². The molecule has 0 saturated carbocycles. The first-order valence-corrected chi connectivity index (χ1v) is 9.82. The van der Waals surface area contributed by atoms with Gasteiger partial charge in [-0.3, -0.25) is 0 Å². The maximum absolute atomic E-state index is 12.3. The summed E-state index contributed by atoms with van der Waals surface area (Å²) < 4.78 is 24.5. The van der Waals surface area contributed by atoms with E-state index in [0.29, 0.717) is 4.90 Å². The zero-order valence-electron chi connectivity index (χ0n) is 11.6. The molecule has 0 saturated heterocycles. The molecule has 2 atom stereocenters. The van der Waals surface area contributed by atoms with Gasteiger partial charge >= 0.3 is 0 Å². The van der Waals surface area contributed by atoms with Crippen LogP contribution in [0.1, 0.15) is 40.9 Å². The summed E-state index contributed by atoms with van der Waals surface area (Å²) in [6.07, 6.45) is 3.42. The van der Waals surface area contributed by atoms with Gasteiger partial charge in [0.2, 0.25) is 0 Å². The van der Waals surface area contributed by atoms with Gasteiger partial charge in [-0.1, -0.05) is 18.2 Å². The summed E-state index contributed by atoms with van der Waals surface area (Å²) in [4.78, 5) is 1.96. The standard InChI is InChI=1S/C16H17NO2S2/c18-21(19)10-14(12-4-1-2-7-16(12)21)17-13-5-3-6-15-11(13)8-9-20-15/h1-2,4,7-9,13-14,17H,3,5-6,10H2. The second kappa shape index (κ2) is 4.93. The van der Waals surface area contributed by atoms with E-state index in [2.05, 4.69) is 16.8 Å². The van der Waals surface area contributed by atoms with Gasteiger partial charge in [-0.05, 0) is 47.9 Å². The van der Waals surface area contributed by atoms with E-state index in [0.717, 1.165) is 18.4 Å². The molecule has 2 aliphatic rings. The summed E-state index contributed by atoms with van der Waals surface area (Å²) >= 11 is 1.81. The number of hydrogen-bond donors (Lipinski definition) is 1. The number of nitrogens with one attached hydrogen (secondary N) is 1. The summed E-state index contributed by atoms with van der Waals surface area (Å²) in [6, 6.07) is 9.78. The van der Waals surface area contributed by atoms with Crippen molar-refractivity contribution >= 4 is 21.2 Å². The number of sulfone groups is 1. The number of hydrogen-bond acceptors (Lipinski definition) is 4. The molecule has 1 aromatic heterocycles. The Morgan fingerprint density at radius 1 is 1.10 bits per heavy atom. The molecule has 1 aliphatic heterocycles. The molecule has 1 aromatic carbocycles. The highest BCUT2D eigenvalue weighted by molar-refractivity contribution is 7.91. The van der Waals surface area contributed by atoms with E-state index in [9.17, 15) is 8.42 Å². The van der Waals surface area contributed by atoms with Gasteiger partial charge in [0, 0.05) is 17.0 Å². The molecule has 2 aromatic rings. The fraction of sp³-hybridized carbons (Fsp3) is 0.375. The fourth-order valence-electron chi connectivity index (χ4n) is 3.49. The zero-order valence-corrected chi connectivity index (χ0v) is 13.2. The number of fused-ring (bicyclic) bond motifs is 2. The van der Waals surface area contributed by atoms with Crippen LogP contribution in [0.4, 0.5) is 0 Å². The number of benzene rings is 1. The quantitative estimate of drug-likeness (QED) is 0.924. The van der Waals surface area contributed by atoms with Crippen molar-refractivity contribution in [3.05, 3.63) is 51.7 Å². The van der Waals surface area contributed by atoms with E-state index >= 15 is 0 Å². The Bertz CT molecular complexity index is 779. The second-order valence-corrected chi connectivity index (χ2v) is 8.79. The summed E-state index contributed by atoms with van der Waals surface area (Å²) in [7, 11) is -3.13. The minimum Gasteiger partial charge on any atom is -0.302 e. The van der Waals surface area contributed by atoms with E-state index in [-0.39, 0.29) is 17.8 Å². The first-order chi connectivity index (χ1) is 10.1. The van der Waals surface area contributed by atoms with Gasteiger partial charge in [-0.2, -0.15) is 0 Å². The lowest BCUT2D eigenvalue weighted by molar-refractivity contribution is 0.421. The molecule has 4 rings (SSSR count). The number of thiophene rings is 1. The molecule has 0 fully saturated rings. The first-order valence-electron chi connectivity index (χ1n) is 7.29. The number of aryl methyl sites for hydroxylation is 1. The van der Waals surface area contributed by atoms with Crippen molar-refractivity contribution in [2.24, 2.45) is 0 Å². The molecular formula is C16H17NO2S2. The Hall–Kier alpha value is -1.17. The van der Waals surface area contributed by atoms with Crippen LogP contribution in [0.3, 0.4) is 0 Å². The molecule has 0 spiro atoms. The fourth-order valence-corrected chi connectivity index (χ4v) is 6.23. The molecule has 0 bridgehead atoms. The van der Waals surface area contributed by atoms with Crippen LogP contribution in [-0.4, -0.2) is 14.2 Å². The highest BCUT2D eigenvalue weighted by atomic mass is 32.2. The van der Waals surface area contributed by atoms with Crippen molar-refractivity contribution in [2.45, 2.75) is 36.2 Å². The van der Waals surface area contributed by atoms with Crippen LogP contribution < -0.4 is 5.32 Å². The van der Waals surface area contributed by atoms with E-state index in [1.165, 1.54) is 16.9 Å². The maximum Gasteiger partial charge on any atom is 0.180 e. The highest BCUT2D eigenvalue weighted by Crippen LogP contribution is 2.38. The van der Waals surface area contributed by atoms with Crippen LogP contribution in [0.2, 0.25) is 0 Å². The van der Waals surface area contributed by atoms with Crippen molar-refractivity contribution in [2.75, 3.05) is 5.75 Å². The van der Waals surface area contributed by atoms with Crippen LogP contribution in [0.5, 0.6) is 0 Å². The smallest absolute Gasteiger partial charge is 0.180 e. The third-order valence-electron chi connectivity index (χ3n) is 4.47. The molecule has 2 heterocycles. The van der Waals surface area contributed by atoms with E-state index in [1.807, 2.05) is 23.5 Å². The van der Waals surface area contributed by atoms with Crippen LogP contribution in [-0.2, 0) is 16.3 Å². The lowest BCUT2D eigenvalue weighted by Crippen LogP contribution is -2.29. The SMILES string of the molecule is O=S1(=O)CC(NC2CCCc3sccc32)c2ccccc21. The summed E-state index contributed by atoms with van der Waals surface area (Å²) in [6.45, 7) is 0. The molecule has 0 radical (unpaired) electrons. The van der Waals surface area contributed by atoms with Gasteiger partial charge in [0.1, 0.15) is 0 Å². The van der Waals surface area contributed by atoms with Crippen molar-refractivity contribution in [3.8, 4) is 0 Å². The normalized spacial score (nSPS) is 26.3. The third-order valence-corrected chi connectivity index (χ3v) is 7.28. The van der Waals surface area contributed by atoms with Gasteiger partial charge in [0.05, 0.1) is 10.6 Å². The molecule has 2 unspecified atom stereocenters. The van der Waals surface area contributed by atoms with Gasteiger partial charge in [-0.15, -0.1) is 11.3 Å². The zero-order chi connectivity index (χ0) is 14.4. The van der Waals surface area contributed by atoms with Crippen LogP contribution in [0.25, 0.3) is 0 Å². The molecule has 5 heteroatoms. The molecule has 110 valence electrons.